The van der Waals surface area contributed by atoms with Gasteiger partial charge in [-0.3, -0.25) is 4.90 Å². The number of pyridine rings is 1. The van der Waals surface area contributed by atoms with Crippen LogP contribution in [0, 0.1) is 6.92 Å². The van der Waals surface area contributed by atoms with Gasteiger partial charge >= 0.3 is 6.03 Å². The van der Waals surface area contributed by atoms with Crippen LogP contribution in [0.4, 0.5) is 22.0 Å². The topological polar surface area (TPSA) is 99.9 Å². The quantitative estimate of drug-likeness (QED) is 0.664. The Morgan fingerprint density at radius 2 is 2.16 bits per heavy atom. The number of hydrogen-bond acceptors (Lipinski definition) is 7. The van der Waals surface area contributed by atoms with E-state index in [0.717, 1.165) is 48.6 Å². The van der Waals surface area contributed by atoms with Crippen molar-refractivity contribution in [2.45, 2.75) is 26.3 Å². The molecule has 5 heterocycles. The van der Waals surface area contributed by atoms with Crippen LogP contribution in [-0.2, 0) is 6.42 Å². The molecule has 3 aromatic heterocycles. The highest BCUT2D eigenvalue weighted by atomic mass is 16.5. The van der Waals surface area contributed by atoms with Crippen molar-refractivity contribution in [3.63, 3.8) is 0 Å². The molecule has 0 spiro atoms. The van der Waals surface area contributed by atoms with Gasteiger partial charge in [0.2, 0.25) is 0 Å². The zero-order valence-corrected chi connectivity index (χ0v) is 17.9. The van der Waals surface area contributed by atoms with E-state index in [0.29, 0.717) is 24.2 Å². The molecule has 0 unspecified atom stereocenters. The fourth-order valence-electron chi connectivity index (χ4n) is 4.38. The number of methoxy groups -OCH3 is 1. The number of anilines is 3. The molecule has 3 aromatic rings. The minimum absolute atomic E-state index is 0.252. The molecule has 2 aliphatic rings. The van der Waals surface area contributed by atoms with Crippen molar-refractivity contribution in [1.82, 2.24) is 25.1 Å². The van der Waals surface area contributed by atoms with E-state index < -0.39 is 0 Å². The third kappa shape index (κ3) is 3.52. The lowest BCUT2D eigenvalue weighted by Crippen LogP contribution is -2.49. The van der Waals surface area contributed by atoms with Crippen molar-refractivity contribution >= 4 is 28.7 Å². The second-order valence-corrected chi connectivity index (χ2v) is 8.03. The summed E-state index contributed by atoms with van der Waals surface area (Å²) in [5, 5.41) is 15.1. The Hall–Kier alpha value is -3.40. The Balaban J connectivity index is 1.41. The molecular weight excluding hydrogens is 396 g/mol. The van der Waals surface area contributed by atoms with Crippen molar-refractivity contribution in [2.75, 3.05) is 48.4 Å². The number of amides is 2. The van der Waals surface area contributed by atoms with Gasteiger partial charge < -0.3 is 20.3 Å². The van der Waals surface area contributed by atoms with Crippen molar-refractivity contribution in [2.24, 2.45) is 0 Å². The number of urea groups is 1. The van der Waals surface area contributed by atoms with Crippen molar-refractivity contribution < 1.29 is 9.53 Å². The molecular formula is C21H26N8O2. The Morgan fingerprint density at radius 3 is 2.97 bits per heavy atom. The minimum atomic E-state index is -0.252. The van der Waals surface area contributed by atoms with Gasteiger partial charge in [0.15, 0.2) is 0 Å². The average molecular weight is 422 g/mol. The number of aromatic nitrogens is 4. The maximum Gasteiger partial charge on any atom is 0.327 e. The molecule has 0 radical (unpaired) electrons. The molecule has 10 heteroatoms. The summed E-state index contributed by atoms with van der Waals surface area (Å²) in [7, 11) is 1.52. The van der Waals surface area contributed by atoms with Gasteiger partial charge in [0.25, 0.3) is 5.88 Å². The molecule has 162 valence electrons. The largest absolute Gasteiger partial charge is 0.478 e. The maximum atomic E-state index is 13.2. The van der Waals surface area contributed by atoms with E-state index >= 15 is 0 Å². The first-order valence-electron chi connectivity index (χ1n) is 10.5. The van der Waals surface area contributed by atoms with Crippen LogP contribution in [0.5, 0.6) is 5.88 Å². The van der Waals surface area contributed by atoms with E-state index in [9.17, 15) is 4.79 Å². The number of rotatable bonds is 3. The first-order valence-corrected chi connectivity index (χ1v) is 10.5. The fourth-order valence-corrected chi connectivity index (χ4v) is 4.38. The highest BCUT2D eigenvalue weighted by molar-refractivity contribution is 6.03. The lowest BCUT2D eigenvalue weighted by atomic mass is 10.1. The maximum absolute atomic E-state index is 13.2. The molecule has 1 atom stereocenters. The molecule has 2 aliphatic heterocycles. The zero-order valence-electron chi connectivity index (χ0n) is 17.9. The predicted molar refractivity (Wildman–Crippen MR) is 118 cm³/mol. The Bertz CT molecular complexity index is 1140. The summed E-state index contributed by atoms with van der Waals surface area (Å²) >= 11 is 0. The molecule has 0 bridgehead atoms. The monoisotopic (exact) mass is 422 g/mol. The molecule has 5 rings (SSSR count). The Kier molecular flexibility index (Phi) is 4.85. The van der Waals surface area contributed by atoms with Gasteiger partial charge in [-0.15, -0.1) is 9.73 Å². The molecule has 1 saturated heterocycles. The summed E-state index contributed by atoms with van der Waals surface area (Å²) in [5.74, 6) is 1.02. The number of aryl methyl sites for hydroxylation is 1. The predicted octanol–water partition coefficient (Wildman–Crippen LogP) is 1.83. The molecule has 0 saturated carbocycles. The van der Waals surface area contributed by atoms with Crippen LogP contribution in [0.3, 0.4) is 0 Å². The van der Waals surface area contributed by atoms with Crippen LogP contribution in [0.15, 0.2) is 24.4 Å². The molecule has 0 aliphatic carbocycles. The van der Waals surface area contributed by atoms with Crippen LogP contribution in [-0.4, -0.2) is 65.2 Å². The Morgan fingerprint density at radius 1 is 1.29 bits per heavy atom. The number of carbonyl (C=O) groups excluding carboxylic acids is 1. The highest BCUT2D eigenvalue weighted by Gasteiger charge is 2.31. The van der Waals surface area contributed by atoms with Gasteiger partial charge in [0.05, 0.1) is 18.3 Å². The van der Waals surface area contributed by atoms with E-state index in [1.807, 2.05) is 19.1 Å². The standard InChI is InChI=1S/C21H26N8O2/c1-13-10-15-11-17(20(31-3)26-29(15)25-13)24-21(30)28-8-5-16-18(4-6-23-19(16)28)27-9-7-22-14(2)12-27/h4,6,10-11,14,22H,5,7-9,12H2,1-3H3,(H,24,30)/t14-/m0/s1. The lowest BCUT2D eigenvalue weighted by Gasteiger charge is -2.34. The van der Waals surface area contributed by atoms with Crippen LogP contribution < -0.4 is 25.2 Å². The summed E-state index contributed by atoms with van der Waals surface area (Å²) in [5.41, 5.74) is 4.41. The van der Waals surface area contributed by atoms with Crippen molar-refractivity contribution in [1.29, 1.82) is 0 Å². The highest BCUT2D eigenvalue weighted by Crippen LogP contribution is 2.35. The SMILES string of the molecule is COc1nn2nc(C)cc2cc1NC(=O)N1CCc2c(N3CCN[C@@H](C)C3)ccnc21. The van der Waals surface area contributed by atoms with E-state index in [1.54, 1.807) is 11.1 Å². The summed E-state index contributed by atoms with van der Waals surface area (Å²) in [4.78, 5) is 21.8. The molecule has 2 amide bonds. The van der Waals surface area contributed by atoms with Crippen LogP contribution in [0.1, 0.15) is 18.2 Å². The second kappa shape index (κ2) is 7.69. The normalized spacial score (nSPS) is 18.4. The molecule has 10 nitrogen and oxygen atoms in total. The molecule has 2 N–H and O–H groups in total. The third-order valence-electron chi connectivity index (χ3n) is 5.79. The summed E-state index contributed by atoms with van der Waals surface area (Å²) < 4.78 is 6.87. The van der Waals surface area contributed by atoms with Gasteiger partial charge in [-0.1, -0.05) is 0 Å². The summed E-state index contributed by atoms with van der Waals surface area (Å²) in [6.07, 6.45) is 2.57. The number of carbonyl (C=O) groups is 1. The van der Waals surface area contributed by atoms with Crippen LogP contribution in [0.2, 0.25) is 0 Å². The number of hydrogen-bond donors (Lipinski definition) is 2. The minimum Gasteiger partial charge on any atom is -0.478 e. The van der Waals surface area contributed by atoms with Gasteiger partial charge in [0.1, 0.15) is 11.5 Å². The van der Waals surface area contributed by atoms with Crippen LogP contribution >= 0.6 is 0 Å². The smallest absolute Gasteiger partial charge is 0.327 e. The molecule has 0 aromatic carbocycles. The lowest BCUT2D eigenvalue weighted by molar-refractivity contribution is 0.257. The van der Waals surface area contributed by atoms with Gasteiger partial charge in [-0.2, -0.15) is 5.10 Å². The van der Waals surface area contributed by atoms with Gasteiger partial charge in [0, 0.05) is 49.7 Å². The fraction of sp³-hybridized carbons (Fsp3) is 0.429. The van der Waals surface area contributed by atoms with E-state index in [4.69, 9.17) is 4.74 Å². The first kappa shape index (κ1) is 19.6. The van der Waals surface area contributed by atoms with E-state index in [2.05, 4.69) is 43.7 Å². The number of fused-ring (bicyclic) bond motifs is 2. The number of piperazine rings is 1. The van der Waals surface area contributed by atoms with Gasteiger partial charge in [-0.25, -0.2) is 9.78 Å². The average Bonchev–Trinajstić information content (AvgIpc) is 3.35. The van der Waals surface area contributed by atoms with Gasteiger partial charge in [-0.05, 0) is 38.5 Å². The zero-order chi connectivity index (χ0) is 21.5. The van der Waals surface area contributed by atoms with E-state index in [-0.39, 0.29) is 6.03 Å². The summed E-state index contributed by atoms with van der Waals surface area (Å²) in [6.45, 7) is 7.50. The number of ether oxygens (including phenoxy) is 1. The summed E-state index contributed by atoms with van der Waals surface area (Å²) in [6, 6.07) is 5.95. The van der Waals surface area contributed by atoms with Crippen molar-refractivity contribution in [3.8, 4) is 5.88 Å². The Labute approximate surface area is 180 Å². The second-order valence-electron chi connectivity index (χ2n) is 8.03. The third-order valence-corrected chi connectivity index (χ3v) is 5.79. The first-order chi connectivity index (χ1) is 15.0. The van der Waals surface area contributed by atoms with Crippen molar-refractivity contribution in [3.05, 3.63) is 35.7 Å². The molecule has 31 heavy (non-hydrogen) atoms. The number of nitrogens with one attached hydrogen (secondary N) is 2. The van der Waals surface area contributed by atoms with Crippen LogP contribution in [0.25, 0.3) is 5.52 Å². The van der Waals surface area contributed by atoms with E-state index in [1.165, 1.54) is 17.4 Å². The molecule has 1 fully saturated rings. The number of nitrogens with zero attached hydrogens (tertiary/aromatic N) is 6.